The van der Waals surface area contributed by atoms with E-state index in [1.165, 1.54) is 22.9 Å². The summed E-state index contributed by atoms with van der Waals surface area (Å²) in [6.07, 6.45) is 3.74. The first kappa shape index (κ1) is 21.2. The SMILES string of the molecule is Cc1ccc(-n2ccnc2SCC(=O)N(Cc2ccccc2)C(C)(C)C)c(C)c1. The number of thioether (sulfide) groups is 1. The van der Waals surface area contributed by atoms with Crippen molar-refractivity contribution in [1.29, 1.82) is 0 Å². The monoisotopic (exact) mass is 407 g/mol. The quantitative estimate of drug-likeness (QED) is 0.513. The minimum Gasteiger partial charge on any atom is -0.333 e. The van der Waals surface area contributed by atoms with Crippen molar-refractivity contribution in [2.45, 2.75) is 51.9 Å². The van der Waals surface area contributed by atoms with Gasteiger partial charge < -0.3 is 4.90 Å². The number of carbonyl (C=O) groups excluding carboxylic acids is 1. The molecule has 0 saturated heterocycles. The van der Waals surface area contributed by atoms with Gasteiger partial charge in [0.15, 0.2) is 5.16 Å². The van der Waals surface area contributed by atoms with Crippen LogP contribution < -0.4 is 0 Å². The molecule has 3 rings (SSSR count). The number of imidazole rings is 1. The summed E-state index contributed by atoms with van der Waals surface area (Å²) >= 11 is 1.49. The molecule has 0 aliphatic rings. The summed E-state index contributed by atoms with van der Waals surface area (Å²) in [5.74, 6) is 0.466. The lowest BCUT2D eigenvalue weighted by Gasteiger charge is -2.36. The lowest BCUT2D eigenvalue weighted by atomic mass is 10.0. The number of carbonyl (C=O) groups is 1. The van der Waals surface area contributed by atoms with Crippen LogP contribution >= 0.6 is 11.8 Å². The Balaban J connectivity index is 1.75. The number of nitrogens with zero attached hydrogens (tertiary/aromatic N) is 3. The summed E-state index contributed by atoms with van der Waals surface area (Å²) in [5, 5.41) is 0.832. The van der Waals surface area contributed by atoms with Crippen LogP contribution in [0.1, 0.15) is 37.5 Å². The van der Waals surface area contributed by atoms with Gasteiger partial charge in [0.2, 0.25) is 5.91 Å². The average molecular weight is 408 g/mol. The van der Waals surface area contributed by atoms with E-state index in [9.17, 15) is 4.79 Å². The summed E-state index contributed by atoms with van der Waals surface area (Å²) in [6.45, 7) is 11.0. The van der Waals surface area contributed by atoms with Crippen LogP contribution in [0.4, 0.5) is 0 Å². The molecular weight excluding hydrogens is 378 g/mol. The van der Waals surface area contributed by atoms with Crippen LogP contribution in [0.15, 0.2) is 66.1 Å². The van der Waals surface area contributed by atoms with E-state index in [1.54, 1.807) is 6.20 Å². The summed E-state index contributed by atoms with van der Waals surface area (Å²) in [4.78, 5) is 19.5. The molecule has 0 unspecified atom stereocenters. The van der Waals surface area contributed by atoms with Crippen LogP contribution in [0, 0.1) is 13.8 Å². The highest BCUT2D eigenvalue weighted by atomic mass is 32.2. The fourth-order valence-corrected chi connectivity index (χ4v) is 4.17. The largest absolute Gasteiger partial charge is 0.333 e. The fraction of sp³-hybridized carbons (Fsp3) is 0.333. The van der Waals surface area contributed by atoms with Crippen LogP contribution in [-0.2, 0) is 11.3 Å². The zero-order chi connectivity index (χ0) is 21.0. The predicted octanol–water partition coefficient (Wildman–Crippen LogP) is 5.41. The van der Waals surface area contributed by atoms with Gasteiger partial charge in [0, 0.05) is 24.5 Å². The average Bonchev–Trinajstić information content (AvgIpc) is 3.12. The molecule has 0 saturated carbocycles. The molecule has 0 spiro atoms. The second-order valence-corrected chi connectivity index (χ2v) is 9.24. The van der Waals surface area contributed by atoms with E-state index in [0.717, 1.165) is 16.4 Å². The number of hydrogen-bond donors (Lipinski definition) is 0. The molecule has 1 aromatic heterocycles. The van der Waals surface area contributed by atoms with E-state index in [4.69, 9.17) is 0 Å². The van der Waals surface area contributed by atoms with Gasteiger partial charge in [-0.2, -0.15) is 0 Å². The van der Waals surface area contributed by atoms with E-state index in [0.29, 0.717) is 12.3 Å². The van der Waals surface area contributed by atoms with Gasteiger partial charge in [0.05, 0.1) is 11.4 Å². The molecule has 4 nitrogen and oxygen atoms in total. The minimum absolute atomic E-state index is 0.113. The van der Waals surface area contributed by atoms with E-state index >= 15 is 0 Å². The predicted molar refractivity (Wildman–Crippen MR) is 121 cm³/mol. The van der Waals surface area contributed by atoms with Gasteiger partial charge >= 0.3 is 0 Å². The smallest absolute Gasteiger partial charge is 0.233 e. The van der Waals surface area contributed by atoms with Crippen LogP contribution in [0.2, 0.25) is 0 Å². The Morgan fingerprint density at radius 2 is 1.83 bits per heavy atom. The zero-order valence-corrected chi connectivity index (χ0v) is 18.7. The third-order valence-corrected chi connectivity index (χ3v) is 5.79. The highest BCUT2D eigenvalue weighted by molar-refractivity contribution is 7.99. The standard InChI is InChI=1S/C24H29N3OS/c1-18-11-12-21(19(2)15-18)26-14-13-25-23(26)29-17-22(28)27(24(3,4)5)16-20-9-7-6-8-10-20/h6-15H,16-17H2,1-5H3. The summed E-state index contributed by atoms with van der Waals surface area (Å²) in [6, 6.07) is 16.5. The molecule has 0 aliphatic heterocycles. The molecule has 0 atom stereocenters. The van der Waals surface area contributed by atoms with E-state index in [-0.39, 0.29) is 11.4 Å². The molecule has 0 fully saturated rings. The van der Waals surface area contributed by atoms with Gasteiger partial charge in [-0.25, -0.2) is 4.98 Å². The highest BCUT2D eigenvalue weighted by Gasteiger charge is 2.27. The van der Waals surface area contributed by atoms with Crippen LogP contribution in [0.3, 0.4) is 0 Å². The molecule has 29 heavy (non-hydrogen) atoms. The maximum Gasteiger partial charge on any atom is 0.233 e. The topological polar surface area (TPSA) is 38.1 Å². The van der Waals surface area contributed by atoms with Crippen molar-refractivity contribution >= 4 is 17.7 Å². The van der Waals surface area contributed by atoms with E-state index in [2.05, 4.69) is 74.5 Å². The molecular formula is C24H29N3OS. The Morgan fingerprint density at radius 1 is 1.10 bits per heavy atom. The number of aryl methyl sites for hydroxylation is 2. The number of amides is 1. The molecule has 1 heterocycles. The highest BCUT2D eigenvalue weighted by Crippen LogP contribution is 2.25. The van der Waals surface area contributed by atoms with E-state index in [1.807, 2.05) is 29.3 Å². The maximum absolute atomic E-state index is 13.1. The van der Waals surface area contributed by atoms with Crippen LogP contribution in [0.5, 0.6) is 0 Å². The van der Waals surface area contributed by atoms with Crippen molar-refractivity contribution in [2.75, 3.05) is 5.75 Å². The second-order valence-electron chi connectivity index (χ2n) is 8.29. The molecule has 0 N–H and O–H groups in total. The molecule has 152 valence electrons. The minimum atomic E-state index is -0.254. The second kappa shape index (κ2) is 8.87. The number of rotatable bonds is 6. The molecule has 0 aliphatic carbocycles. The van der Waals surface area contributed by atoms with Crippen molar-refractivity contribution in [3.8, 4) is 5.69 Å². The van der Waals surface area contributed by atoms with Gasteiger partial charge in [-0.1, -0.05) is 59.8 Å². The summed E-state index contributed by atoms with van der Waals surface area (Å²) in [7, 11) is 0. The Kier molecular flexibility index (Phi) is 6.48. The van der Waals surface area contributed by atoms with Crippen molar-refractivity contribution in [3.63, 3.8) is 0 Å². The van der Waals surface area contributed by atoms with Crippen LogP contribution in [0.25, 0.3) is 5.69 Å². The summed E-state index contributed by atoms with van der Waals surface area (Å²) < 4.78 is 2.06. The molecule has 0 bridgehead atoms. The number of benzene rings is 2. The van der Waals surface area contributed by atoms with Crippen molar-refractivity contribution in [2.24, 2.45) is 0 Å². The first-order chi connectivity index (χ1) is 13.8. The number of aromatic nitrogens is 2. The van der Waals surface area contributed by atoms with Crippen molar-refractivity contribution < 1.29 is 4.79 Å². The third-order valence-electron chi connectivity index (χ3n) is 4.84. The Hall–Kier alpha value is -2.53. The first-order valence-electron chi connectivity index (χ1n) is 9.84. The first-order valence-corrected chi connectivity index (χ1v) is 10.8. The third kappa shape index (κ3) is 5.30. The molecule has 2 aromatic carbocycles. The van der Waals surface area contributed by atoms with Crippen LogP contribution in [-0.4, -0.2) is 31.6 Å². The fourth-order valence-electron chi connectivity index (χ4n) is 3.33. The number of hydrogen-bond acceptors (Lipinski definition) is 3. The lowest BCUT2D eigenvalue weighted by molar-refractivity contribution is -0.133. The zero-order valence-electron chi connectivity index (χ0n) is 17.8. The van der Waals surface area contributed by atoms with Gasteiger partial charge in [0.1, 0.15) is 0 Å². The Labute approximate surface area is 178 Å². The van der Waals surface area contributed by atoms with Gasteiger partial charge in [0.25, 0.3) is 0 Å². The lowest BCUT2D eigenvalue weighted by Crippen LogP contribution is -2.45. The molecule has 1 amide bonds. The molecule has 5 heteroatoms. The normalized spacial score (nSPS) is 11.5. The van der Waals surface area contributed by atoms with Gasteiger partial charge in [-0.15, -0.1) is 0 Å². The van der Waals surface area contributed by atoms with Gasteiger partial charge in [-0.3, -0.25) is 9.36 Å². The maximum atomic E-state index is 13.1. The van der Waals surface area contributed by atoms with Crippen molar-refractivity contribution in [3.05, 3.63) is 77.6 Å². The summed E-state index contributed by atoms with van der Waals surface area (Å²) in [5.41, 5.74) is 4.41. The Morgan fingerprint density at radius 3 is 2.48 bits per heavy atom. The Bertz CT molecular complexity index is 973. The van der Waals surface area contributed by atoms with Crippen molar-refractivity contribution in [1.82, 2.24) is 14.5 Å². The molecule has 3 aromatic rings. The molecule has 0 radical (unpaired) electrons. The van der Waals surface area contributed by atoms with E-state index < -0.39 is 0 Å². The van der Waals surface area contributed by atoms with Gasteiger partial charge in [-0.05, 0) is 51.8 Å².